The molecular weight excluding hydrogens is 270 g/mol. The molecule has 0 aliphatic carbocycles. The summed E-state index contributed by atoms with van der Waals surface area (Å²) >= 11 is 6.32. The topological polar surface area (TPSA) is 32.5 Å². The molecule has 2 unspecified atom stereocenters. The predicted octanol–water partition coefficient (Wildman–Crippen LogP) is 2.98. The average Bonchev–Trinajstić information content (AvgIpc) is 2.43. The number of halogens is 1. The van der Waals surface area contributed by atoms with Crippen LogP contribution in [0.1, 0.15) is 31.7 Å². The number of benzene rings is 1. The van der Waals surface area contributed by atoms with Crippen LogP contribution in [-0.4, -0.2) is 41.5 Å². The van der Waals surface area contributed by atoms with E-state index in [1.165, 1.54) is 32.4 Å². The third kappa shape index (κ3) is 2.80. The molecule has 3 rings (SSSR count). The van der Waals surface area contributed by atoms with Crippen molar-refractivity contribution in [3.05, 3.63) is 28.8 Å². The van der Waals surface area contributed by atoms with Gasteiger partial charge in [0.1, 0.15) is 0 Å². The number of nitrogens with two attached hydrogens (primary N) is 1. The molecule has 0 saturated carbocycles. The van der Waals surface area contributed by atoms with Gasteiger partial charge >= 0.3 is 0 Å². The molecule has 0 bridgehead atoms. The monoisotopic (exact) mass is 293 g/mol. The minimum atomic E-state index is 0.569. The van der Waals surface area contributed by atoms with E-state index in [0.717, 1.165) is 35.4 Å². The van der Waals surface area contributed by atoms with Crippen LogP contribution in [0.25, 0.3) is 0 Å². The number of piperazine rings is 1. The first-order valence-electron chi connectivity index (χ1n) is 7.66. The maximum Gasteiger partial charge on any atom is 0.0471 e. The van der Waals surface area contributed by atoms with Crippen LogP contribution in [0.15, 0.2) is 18.2 Å². The fourth-order valence-electron chi connectivity index (χ4n) is 3.58. The van der Waals surface area contributed by atoms with E-state index in [-0.39, 0.29) is 0 Å². The van der Waals surface area contributed by atoms with Gasteiger partial charge in [-0.2, -0.15) is 0 Å². The lowest BCUT2D eigenvalue weighted by Gasteiger charge is -2.47. The standard InChI is InChI=1S/C16H24ClN3/c1-12-9-19-8-3-2-5-13(19)10-20(12)11-14-15(17)6-4-7-16(14)18/h4,6-7,12-13H,2-3,5,8-11,18H2,1H3. The Bertz CT molecular complexity index is 457. The predicted molar refractivity (Wildman–Crippen MR) is 84.9 cm³/mol. The Kier molecular flexibility index (Phi) is 4.20. The number of fused-ring (bicyclic) bond motifs is 1. The minimum absolute atomic E-state index is 0.569. The summed E-state index contributed by atoms with van der Waals surface area (Å²) in [6.07, 6.45) is 4.07. The van der Waals surface area contributed by atoms with Gasteiger partial charge in [0, 0.05) is 48.0 Å². The Labute approximate surface area is 126 Å². The summed E-state index contributed by atoms with van der Waals surface area (Å²) in [5.74, 6) is 0. The zero-order chi connectivity index (χ0) is 14.1. The first-order valence-corrected chi connectivity index (χ1v) is 8.04. The molecule has 4 heteroatoms. The number of hydrogen-bond acceptors (Lipinski definition) is 3. The maximum atomic E-state index is 6.32. The van der Waals surface area contributed by atoms with E-state index >= 15 is 0 Å². The molecule has 2 fully saturated rings. The largest absolute Gasteiger partial charge is 0.398 e. The second-order valence-electron chi connectivity index (χ2n) is 6.23. The van der Waals surface area contributed by atoms with Gasteiger partial charge in [0.05, 0.1) is 0 Å². The van der Waals surface area contributed by atoms with Gasteiger partial charge in [-0.3, -0.25) is 9.80 Å². The Morgan fingerprint density at radius 2 is 2.15 bits per heavy atom. The van der Waals surface area contributed by atoms with Crippen LogP contribution in [-0.2, 0) is 6.54 Å². The Morgan fingerprint density at radius 1 is 1.30 bits per heavy atom. The molecule has 2 N–H and O–H groups in total. The fourth-order valence-corrected chi connectivity index (χ4v) is 3.82. The second-order valence-corrected chi connectivity index (χ2v) is 6.64. The second kappa shape index (κ2) is 5.92. The Balaban J connectivity index is 1.73. The summed E-state index contributed by atoms with van der Waals surface area (Å²) in [5.41, 5.74) is 8.00. The first kappa shape index (κ1) is 14.2. The highest BCUT2D eigenvalue weighted by Crippen LogP contribution is 2.28. The quantitative estimate of drug-likeness (QED) is 0.851. The molecule has 1 aromatic carbocycles. The summed E-state index contributed by atoms with van der Waals surface area (Å²) in [4.78, 5) is 5.21. The van der Waals surface area contributed by atoms with Gasteiger partial charge in [0.2, 0.25) is 0 Å². The molecular formula is C16H24ClN3. The van der Waals surface area contributed by atoms with Crippen molar-refractivity contribution in [2.45, 2.75) is 44.8 Å². The molecule has 1 aromatic rings. The minimum Gasteiger partial charge on any atom is -0.398 e. The van der Waals surface area contributed by atoms with Crippen LogP contribution in [0.5, 0.6) is 0 Å². The number of rotatable bonds is 2. The van der Waals surface area contributed by atoms with Gasteiger partial charge < -0.3 is 5.73 Å². The van der Waals surface area contributed by atoms with Gasteiger partial charge in [0.15, 0.2) is 0 Å². The highest BCUT2D eigenvalue weighted by atomic mass is 35.5. The van der Waals surface area contributed by atoms with Crippen LogP contribution < -0.4 is 5.73 Å². The van der Waals surface area contributed by atoms with E-state index in [1.54, 1.807) is 0 Å². The molecule has 2 saturated heterocycles. The van der Waals surface area contributed by atoms with E-state index in [2.05, 4.69) is 16.7 Å². The molecule has 20 heavy (non-hydrogen) atoms. The summed E-state index contributed by atoms with van der Waals surface area (Å²) in [6, 6.07) is 7.10. The van der Waals surface area contributed by atoms with Crippen molar-refractivity contribution in [1.29, 1.82) is 0 Å². The summed E-state index contributed by atoms with van der Waals surface area (Å²) < 4.78 is 0. The van der Waals surface area contributed by atoms with Gasteiger partial charge in [-0.15, -0.1) is 0 Å². The van der Waals surface area contributed by atoms with Crippen LogP contribution >= 0.6 is 11.6 Å². The molecule has 3 nitrogen and oxygen atoms in total. The van der Waals surface area contributed by atoms with Crippen molar-refractivity contribution in [3.8, 4) is 0 Å². The number of nitrogen functional groups attached to an aromatic ring is 1. The average molecular weight is 294 g/mol. The zero-order valence-corrected chi connectivity index (χ0v) is 12.9. The number of anilines is 1. The number of piperidine rings is 1. The SMILES string of the molecule is CC1CN2CCCCC2CN1Cc1c(N)cccc1Cl. The van der Waals surface area contributed by atoms with Crippen LogP contribution in [0.3, 0.4) is 0 Å². The van der Waals surface area contributed by atoms with Crippen LogP contribution in [0.2, 0.25) is 5.02 Å². The Hall–Kier alpha value is -0.770. The summed E-state index contributed by atoms with van der Waals surface area (Å²) in [5, 5.41) is 0.795. The molecule has 2 aliphatic heterocycles. The first-order chi connectivity index (χ1) is 9.65. The van der Waals surface area contributed by atoms with Crippen LogP contribution in [0.4, 0.5) is 5.69 Å². The zero-order valence-electron chi connectivity index (χ0n) is 12.2. The normalized spacial score (nSPS) is 28.3. The molecule has 0 spiro atoms. The molecule has 2 aliphatic rings. The van der Waals surface area contributed by atoms with Crippen LogP contribution in [0, 0.1) is 0 Å². The van der Waals surface area contributed by atoms with Gasteiger partial charge in [-0.1, -0.05) is 24.1 Å². The lowest BCUT2D eigenvalue weighted by molar-refractivity contribution is 0.0112. The summed E-state index contributed by atoms with van der Waals surface area (Å²) in [7, 11) is 0. The van der Waals surface area contributed by atoms with E-state index < -0.39 is 0 Å². The fraction of sp³-hybridized carbons (Fsp3) is 0.625. The lowest BCUT2D eigenvalue weighted by atomic mass is 9.96. The highest BCUT2D eigenvalue weighted by molar-refractivity contribution is 6.31. The van der Waals surface area contributed by atoms with Crippen molar-refractivity contribution >= 4 is 17.3 Å². The third-order valence-corrected chi connectivity index (χ3v) is 5.19. The van der Waals surface area contributed by atoms with Crippen molar-refractivity contribution in [2.75, 3.05) is 25.4 Å². The smallest absolute Gasteiger partial charge is 0.0471 e. The van der Waals surface area contributed by atoms with E-state index in [9.17, 15) is 0 Å². The molecule has 110 valence electrons. The van der Waals surface area contributed by atoms with Crippen molar-refractivity contribution in [3.63, 3.8) is 0 Å². The van der Waals surface area contributed by atoms with Gasteiger partial charge in [-0.25, -0.2) is 0 Å². The van der Waals surface area contributed by atoms with Gasteiger partial charge in [0.25, 0.3) is 0 Å². The third-order valence-electron chi connectivity index (χ3n) is 4.83. The molecule has 2 heterocycles. The Morgan fingerprint density at radius 3 is 2.95 bits per heavy atom. The van der Waals surface area contributed by atoms with E-state index in [4.69, 9.17) is 17.3 Å². The van der Waals surface area contributed by atoms with Crippen molar-refractivity contribution < 1.29 is 0 Å². The maximum absolute atomic E-state index is 6.32. The molecule has 0 radical (unpaired) electrons. The molecule has 0 aromatic heterocycles. The van der Waals surface area contributed by atoms with E-state index in [0.29, 0.717) is 6.04 Å². The highest BCUT2D eigenvalue weighted by Gasteiger charge is 2.33. The van der Waals surface area contributed by atoms with Crippen molar-refractivity contribution in [1.82, 2.24) is 9.80 Å². The summed E-state index contributed by atoms with van der Waals surface area (Å²) in [6.45, 7) is 6.78. The lowest BCUT2D eigenvalue weighted by Crippen LogP contribution is -2.58. The number of hydrogen-bond donors (Lipinski definition) is 1. The van der Waals surface area contributed by atoms with Crippen molar-refractivity contribution in [2.24, 2.45) is 0 Å². The van der Waals surface area contributed by atoms with Gasteiger partial charge in [-0.05, 0) is 38.4 Å². The molecule has 2 atom stereocenters. The molecule has 0 amide bonds. The number of nitrogens with zero attached hydrogens (tertiary/aromatic N) is 2. The van der Waals surface area contributed by atoms with E-state index in [1.807, 2.05) is 18.2 Å².